The summed E-state index contributed by atoms with van der Waals surface area (Å²) >= 11 is 0. The minimum absolute atomic E-state index is 0.282. The van der Waals surface area contributed by atoms with Gasteiger partial charge in [0.15, 0.2) is 0 Å². The second-order valence-corrected chi connectivity index (χ2v) is 16.5. The van der Waals surface area contributed by atoms with Crippen molar-refractivity contribution >= 4 is 43.6 Å². The van der Waals surface area contributed by atoms with Gasteiger partial charge in [-0.15, -0.1) is 0 Å². The average Bonchev–Trinajstić information content (AvgIpc) is 3.58. The molecule has 0 aliphatic rings. The average molecular weight is 710 g/mol. The van der Waals surface area contributed by atoms with Gasteiger partial charge >= 0.3 is 0 Å². The van der Waals surface area contributed by atoms with Gasteiger partial charge in [-0.25, -0.2) is 0 Å². The van der Waals surface area contributed by atoms with Gasteiger partial charge < -0.3 is 14.0 Å². The van der Waals surface area contributed by atoms with Gasteiger partial charge in [0.25, 0.3) is 0 Å². The van der Waals surface area contributed by atoms with Crippen LogP contribution in [0.3, 0.4) is 0 Å². The van der Waals surface area contributed by atoms with Crippen LogP contribution in [0.5, 0.6) is 0 Å². The van der Waals surface area contributed by atoms with Crippen LogP contribution >= 0.6 is 0 Å². The van der Waals surface area contributed by atoms with Crippen molar-refractivity contribution in [3.8, 4) is 0 Å². The van der Waals surface area contributed by atoms with E-state index in [9.17, 15) is 0 Å². The highest BCUT2D eigenvalue weighted by molar-refractivity contribution is 6.08. The molecule has 0 aliphatic carbocycles. The third kappa shape index (κ3) is 16.0. The number of fused-ring (bicyclic) bond motifs is 6. The topological polar surface area (TPSA) is 13.1 Å². The number of aryl methyl sites for hydroxylation is 1. The number of rotatable bonds is 2. The van der Waals surface area contributed by atoms with Crippen LogP contribution in [-0.4, -0.2) is 34.7 Å². The van der Waals surface area contributed by atoms with Crippen LogP contribution in [0.15, 0.2) is 97.1 Å². The summed E-state index contributed by atoms with van der Waals surface area (Å²) in [6.45, 7) is 36.7. The third-order valence-electron chi connectivity index (χ3n) is 7.98. The minimum Gasteiger partial charge on any atom is -0.344 e. The molecule has 0 saturated heterocycles. The van der Waals surface area contributed by atoms with Gasteiger partial charge in [-0.05, 0) is 54.6 Å². The first kappa shape index (κ1) is 48.4. The fourth-order valence-electron chi connectivity index (χ4n) is 5.71. The molecule has 0 radical (unpaired) electrons. The van der Waals surface area contributed by atoms with Crippen LogP contribution in [0.2, 0.25) is 0 Å². The van der Waals surface area contributed by atoms with Crippen molar-refractivity contribution in [2.75, 3.05) is 20.6 Å². The van der Waals surface area contributed by atoms with Crippen molar-refractivity contribution in [3.05, 3.63) is 97.1 Å². The molecule has 52 heavy (non-hydrogen) atoms. The molecule has 0 atom stereocenters. The maximum atomic E-state index is 2.45. The van der Waals surface area contributed by atoms with Crippen LogP contribution in [0.25, 0.3) is 43.6 Å². The fourth-order valence-corrected chi connectivity index (χ4v) is 5.71. The lowest BCUT2D eigenvalue weighted by molar-refractivity contribution is 0.263. The predicted octanol–water partition coefficient (Wildman–Crippen LogP) is 15.3. The SMILES string of the molecule is CC.CC.CC.CC(C)(C)Cn1c2ccccc2c2ccccc21.CCC(C)(C)C.CN(C)CC(C)(C)C.Cn1c2ccccc2c2ccccc21. The Kier molecular flexibility index (Phi) is 21.6. The molecule has 0 bridgehead atoms. The maximum absolute atomic E-state index is 2.45. The molecule has 6 rings (SSSR count). The van der Waals surface area contributed by atoms with Crippen LogP contribution in [-0.2, 0) is 13.6 Å². The van der Waals surface area contributed by atoms with Crippen molar-refractivity contribution < 1.29 is 0 Å². The van der Waals surface area contributed by atoms with Gasteiger partial charge in [0, 0.05) is 63.7 Å². The zero-order chi connectivity index (χ0) is 40.3. The summed E-state index contributed by atoms with van der Waals surface area (Å²) in [6, 6.07) is 34.4. The van der Waals surface area contributed by atoms with Crippen LogP contribution in [0, 0.1) is 16.2 Å². The molecular weight excluding hydrogens is 631 g/mol. The number of aromatic nitrogens is 2. The van der Waals surface area contributed by atoms with E-state index in [-0.39, 0.29) is 5.41 Å². The zero-order valence-electron chi connectivity index (χ0n) is 37.2. The van der Waals surface area contributed by atoms with Crippen LogP contribution < -0.4 is 0 Å². The number of nitrogens with zero attached hydrogens (tertiary/aromatic N) is 3. The summed E-state index contributed by atoms with van der Waals surface area (Å²) < 4.78 is 4.69. The first-order valence-electron chi connectivity index (χ1n) is 19.9. The highest BCUT2D eigenvalue weighted by Crippen LogP contribution is 2.31. The van der Waals surface area contributed by atoms with Crippen LogP contribution in [0.4, 0.5) is 0 Å². The van der Waals surface area contributed by atoms with Crippen LogP contribution in [0.1, 0.15) is 117 Å². The number of hydrogen-bond acceptors (Lipinski definition) is 1. The molecule has 0 unspecified atom stereocenters. The fraction of sp³-hybridized carbons (Fsp3) is 0.510. The molecule has 0 amide bonds. The largest absolute Gasteiger partial charge is 0.344 e. The first-order valence-corrected chi connectivity index (χ1v) is 19.9. The molecule has 0 spiro atoms. The Hall–Kier alpha value is -3.56. The molecule has 2 aromatic heterocycles. The van der Waals surface area contributed by atoms with E-state index >= 15 is 0 Å². The van der Waals surface area contributed by atoms with Crippen molar-refractivity contribution in [2.24, 2.45) is 23.3 Å². The van der Waals surface area contributed by atoms with E-state index in [4.69, 9.17) is 0 Å². The van der Waals surface area contributed by atoms with Crippen molar-refractivity contribution in [3.63, 3.8) is 0 Å². The standard InChI is InChI=1S/C17H19N.C13H11N.C7H17N.C6H14.3C2H6/c1-17(2,3)12-18-15-10-6-4-8-13(15)14-9-5-7-11-16(14)18;1-14-12-8-4-2-6-10(12)11-7-3-5-9-13(11)14;1-7(2,3)6-8(4)5;1-5-6(2,3)4;3*1-2/h4-11H,12H2,1-3H3;2-9H,1H3;6H2,1-5H3;5H2,1-4H3;3*1-2H3. The summed E-state index contributed by atoms with van der Waals surface area (Å²) in [5.41, 5.74) is 6.55. The smallest absolute Gasteiger partial charge is 0.0491 e. The van der Waals surface area contributed by atoms with E-state index in [0.29, 0.717) is 10.8 Å². The highest BCUT2D eigenvalue weighted by Gasteiger charge is 2.16. The molecule has 0 saturated carbocycles. The van der Waals surface area contributed by atoms with Gasteiger partial charge in [-0.3, -0.25) is 0 Å². The minimum atomic E-state index is 0.282. The quantitative estimate of drug-likeness (QED) is 0.174. The Labute approximate surface area is 321 Å². The summed E-state index contributed by atoms with van der Waals surface area (Å²) in [5, 5.41) is 5.39. The summed E-state index contributed by atoms with van der Waals surface area (Å²) in [4.78, 5) is 2.21. The molecule has 4 aromatic carbocycles. The molecule has 290 valence electrons. The third-order valence-corrected chi connectivity index (χ3v) is 7.98. The number of para-hydroxylation sites is 4. The molecule has 0 aliphatic heterocycles. The lowest BCUT2D eigenvalue weighted by Crippen LogP contribution is -2.25. The Morgan fingerprint density at radius 3 is 0.942 bits per heavy atom. The Morgan fingerprint density at radius 1 is 0.442 bits per heavy atom. The van der Waals surface area contributed by atoms with Gasteiger partial charge in [0.05, 0.1) is 0 Å². The second-order valence-electron chi connectivity index (χ2n) is 16.5. The van der Waals surface area contributed by atoms with Gasteiger partial charge in [-0.2, -0.15) is 0 Å². The van der Waals surface area contributed by atoms with E-state index in [0.717, 1.165) is 13.1 Å². The van der Waals surface area contributed by atoms with E-state index in [2.05, 4.69) is 201 Å². The lowest BCUT2D eigenvalue weighted by Gasteiger charge is -2.22. The molecule has 2 heterocycles. The molecule has 3 nitrogen and oxygen atoms in total. The monoisotopic (exact) mass is 710 g/mol. The summed E-state index contributed by atoms with van der Waals surface area (Å²) in [5.74, 6) is 0. The van der Waals surface area contributed by atoms with E-state index in [1.165, 1.54) is 50.0 Å². The Morgan fingerprint density at radius 2 is 0.712 bits per heavy atom. The first-order chi connectivity index (χ1) is 24.4. The van der Waals surface area contributed by atoms with E-state index in [1.807, 2.05) is 41.5 Å². The summed E-state index contributed by atoms with van der Waals surface area (Å²) in [7, 11) is 6.32. The lowest BCUT2D eigenvalue weighted by atomic mass is 9.94. The van der Waals surface area contributed by atoms with E-state index in [1.54, 1.807) is 0 Å². The second kappa shape index (κ2) is 23.2. The number of benzene rings is 4. The van der Waals surface area contributed by atoms with Crippen molar-refractivity contribution in [2.45, 2.75) is 124 Å². The molecule has 3 heteroatoms. The normalized spacial score (nSPS) is 11.0. The van der Waals surface area contributed by atoms with Gasteiger partial charge in [-0.1, -0.05) is 190 Å². The van der Waals surface area contributed by atoms with Gasteiger partial charge in [0.1, 0.15) is 0 Å². The molecule has 0 fully saturated rings. The Balaban J connectivity index is 0.000000682. The summed E-state index contributed by atoms with van der Waals surface area (Å²) in [6.07, 6.45) is 1.27. The predicted molar refractivity (Wildman–Crippen MR) is 241 cm³/mol. The molecular formula is C49H79N3. The van der Waals surface area contributed by atoms with Gasteiger partial charge in [0.2, 0.25) is 0 Å². The highest BCUT2D eigenvalue weighted by atomic mass is 15.1. The van der Waals surface area contributed by atoms with Crippen molar-refractivity contribution in [1.82, 2.24) is 14.0 Å². The molecule has 0 N–H and O–H groups in total. The zero-order valence-corrected chi connectivity index (χ0v) is 37.2. The van der Waals surface area contributed by atoms with E-state index < -0.39 is 0 Å². The maximum Gasteiger partial charge on any atom is 0.0491 e. The Bertz CT molecular complexity index is 1700. The number of hydrogen-bond donors (Lipinski definition) is 0. The molecule has 6 aromatic rings. The van der Waals surface area contributed by atoms with Crippen molar-refractivity contribution in [1.29, 1.82) is 0 Å².